The molecular weight excluding hydrogens is 282 g/mol. The van der Waals surface area contributed by atoms with Crippen LogP contribution in [0.15, 0.2) is 29.3 Å². The summed E-state index contributed by atoms with van der Waals surface area (Å²) in [4.78, 5) is 4.31. The van der Waals surface area contributed by atoms with Crippen molar-refractivity contribution in [2.45, 2.75) is 26.3 Å². The number of nitrogens with zero attached hydrogens (tertiary/aromatic N) is 1. The largest absolute Gasteiger partial charge is 0.507 e. The molecule has 0 saturated heterocycles. The van der Waals surface area contributed by atoms with Crippen LogP contribution in [0.5, 0.6) is 5.75 Å². The van der Waals surface area contributed by atoms with E-state index < -0.39 is 0 Å². The number of benzene rings is 1. The second kappa shape index (κ2) is 10.1. The number of rotatable bonds is 5. The van der Waals surface area contributed by atoms with Gasteiger partial charge in [0.25, 0.3) is 0 Å². The van der Waals surface area contributed by atoms with Crippen LogP contribution in [0.1, 0.15) is 25.8 Å². The maximum Gasteiger partial charge on any atom is 0.124 e. The molecule has 4 N–H and O–H groups in total. The minimum atomic E-state index is -0.0930. The molecule has 0 aliphatic carbocycles. The summed E-state index contributed by atoms with van der Waals surface area (Å²) in [6.07, 6.45) is 2.60. The number of aliphatic imine (C=N–C) groups is 1. The van der Waals surface area contributed by atoms with E-state index in [4.69, 9.17) is 0 Å². The Morgan fingerprint density at radius 1 is 1.33 bits per heavy atom. The van der Waals surface area contributed by atoms with E-state index in [9.17, 15) is 10.2 Å². The number of hydrogen-bond donors (Lipinski definition) is 2. The molecule has 0 bridgehead atoms. The molecule has 2 atom stereocenters. The van der Waals surface area contributed by atoms with Gasteiger partial charge in [-0.1, -0.05) is 32.4 Å². The van der Waals surface area contributed by atoms with E-state index in [1.165, 1.54) is 0 Å². The van der Waals surface area contributed by atoms with Crippen molar-refractivity contribution in [3.63, 3.8) is 0 Å². The smallest absolute Gasteiger partial charge is 0.124 e. The fraction of sp³-hybridized carbons (Fsp3) is 0.462. The third-order valence-corrected chi connectivity index (χ3v) is 2.83. The zero-order chi connectivity index (χ0) is 12.0. The van der Waals surface area contributed by atoms with Crippen molar-refractivity contribution < 1.29 is 32.8 Å². The van der Waals surface area contributed by atoms with Crippen LogP contribution in [-0.2, 0) is 17.1 Å². The number of phenolic OH excluding ortho intramolecular Hbond substituents is 1. The van der Waals surface area contributed by atoms with Gasteiger partial charge in [0.1, 0.15) is 5.75 Å². The number of aliphatic hydroxyl groups is 1. The third kappa shape index (κ3) is 5.65. The first kappa shape index (κ1) is 19.5. The first-order chi connectivity index (χ1) is 7.69. The van der Waals surface area contributed by atoms with Gasteiger partial charge in [-0.15, -0.1) is 0 Å². The molecule has 4 nitrogen and oxygen atoms in total. The number of phenols is 1. The Balaban J connectivity index is 0. The molecule has 1 radical (unpaired) electrons. The summed E-state index contributed by atoms with van der Waals surface area (Å²) >= 11 is 0. The molecule has 1 rings (SSSR count). The molecular formula is C13H21CuNO3. The average Bonchev–Trinajstić information content (AvgIpc) is 2.31. The van der Waals surface area contributed by atoms with E-state index in [2.05, 4.69) is 18.8 Å². The van der Waals surface area contributed by atoms with Crippen LogP contribution in [0.4, 0.5) is 0 Å². The number of aromatic hydroxyl groups is 1. The van der Waals surface area contributed by atoms with Crippen LogP contribution in [0.2, 0.25) is 0 Å². The SMILES string of the molecule is CCC(C)C(CO)N=Cc1ccccc1O.O.[Cu]. The summed E-state index contributed by atoms with van der Waals surface area (Å²) in [7, 11) is 0. The fourth-order valence-corrected chi connectivity index (χ4v) is 1.42. The van der Waals surface area contributed by atoms with Crippen molar-refractivity contribution in [2.24, 2.45) is 10.9 Å². The fourth-order valence-electron chi connectivity index (χ4n) is 1.42. The number of hydrogen-bond acceptors (Lipinski definition) is 3. The van der Waals surface area contributed by atoms with Gasteiger partial charge in [0.05, 0.1) is 12.6 Å². The van der Waals surface area contributed by atoms with E-state index in [-0.39, 0.29) is 40.9 Å². The molecule has 2 unspecified atom stereocenters. The van der Waals surface area contributed by atoms with Gasteiger partial charge in [0.2, 0.25) is 0 Å². The molecule has 0 aliphatic rings. The summed E-state index contributed by atoms with van der Waals surface area (Å²) in [5, 5.41) is 18.7. The Kier molecular flexibility index (Phi) is 10.9. The summed E-state index contributed by atoms with van der Waals surface area (Å²) in [5.41, 5.74) is 0.684. The normalized spacial score (nSPS) is 13.5. The Morgan fingerprint density at radius 2 is 1.94 bits per heavy atom. The summed E-state index contributed by atoms with van der Waals surface area (Å²) in [5.74, 6) is 0.555. The first-order valence-corrected chi connectivity index (χ1v) is 5.61. The molecule has 0 spiro atoms. The molecule has 107 valence electrons. The van der Waals surface area contributed by atoms with E-state index in [1.807, 2.05) is 6.07 Å². The zero-order valence-electron chi connectivity index (χ0n) is 10.6. The van der Waals surface area contributed by atoms with Gasteiger partial charge >= 0.3 is 0 Å². The van der Waals surface area contributed by atoms with Crippen LogP contribution in [0, 0.1) is 5.92 Å². The minimum Gasteiger partial charge on any atom is -0.507 e. The molecule has 5 heteroatoms. The zero-order valence-corrected chi connectivity index (χ0v) is 11.5. The Labute approximate surface area is 119 Å². The monoisotopic (exact) mass is 302 g/mol. The Morgan fingerprint density at radius 3 is 2.44 bits per heavy atom. The van der Waals surface area contributed by atoms with Crippen molar-refractivity contribution in [1.29, 1.82) is 0 Å². The van der Waals surface area contributed by atoms with Gasteiger partial charge in [0.15, 0.2) is 0 Å². The molecule has 1 aromatic carbocycles. The van der Waals surface area contributed by atoms with E-state index in [0.29, 0.717) is 11.5 Å². The van der Waals surface area contributed by atoms with E-state index in [0.717, 1.165) is 6.42 Å². The van der Waals surface area contributed by atoms with Gasteiger partial charge in [0, 0.05) is 28.8 Å². The average molecular weight is 303 g/mol. The van der Waals surface area contributed by atoms with Gasteiger partial charge in [-0.2, -0.15) is 0 Å². The third-order valence-electron chi connectivity index (χ3n) is 2.83. The number of para-hydroxylation sites is 1. The Bertz CT molecular complexity index is 358. The predicted molar refractivity (Wildman–Crippen MR) is 69.6 cm³/mol. The van der Waals surface area contributed by atoms with Crippen LogP contribution >= 0.6 is 0 Å². The van der Waals surface area contributed by atoms with Crippen molar-refractivity contribution in [3.05, 3.63) is 29.8 Å². The summed E-state index contributed by atoms with van der Waals surface area (Å²) < 4.78 is 0. The van der Waals surface area contributed by atoms with Gasteiger partial charge in [-0.25, -0.2) is 0 Å². The molecule has 0 aliphatic heterocycles. The molecule has 18 heavy (non-hydrogen) atoms. The van der Waals surface area contributed by atoms with Gasteiger partial charge in [-0.05, 0) is 18.1 Å². The van der Waals surface area contributed by atoms with Crippen molar-refractivity contribution in [3.8, 4) is 5.75 Å². The number of aliphatic hydroxyl groups excluding tert-OH is 1. The molecule has 0 aromatic heterocycles. The Hall–Kier alpha value is -0.871. The quantitative estimate of drug-likeness (QED) is 0.636. The van der Waals surface area contributed by atoms with Crippen molar-refractivity contribution >= 4 is 6.21 Å². The summed E-state index contributed by atoms with van der Waals surface area (Å²) in [6.45, 7) is 4.17. The predicted octanol–water partition coefficient (Wildman–Crippen LogP) is 1.39. The van der Waals surface area contributed by atoms with Crippen LogP contribution in [0.25, 0.3) is 0 Å². The molecule has 0 fully saturated rings. The maximum atomic E-state index is 9.54. The second-order valence-electron chi connectivity index (χ2n) is 3.97. The summed E-state index contributed by atoms with van der Waals surface area (Å²) in [6, 6.07) is 6.94. The van der Waals surface area contributed by atoms with Crippen LogP contribution in [-0.4, -0.2) is 34.6 Å². The van der Waals surface area contributed by atoms with Crippen LogP contribution < -0.4 is 0 Å². The molecule has 0 heterocycles. The van der Waals surface area contributed by atoms with Gasteiger partial charge < -0.3 is 15.7 Å². The second-order valence-corrected chi connectivity index (χ2v) is 3.97. The van der Waals surface area contributed by atoms with Gasteiger partial charge in [-0.3, -0.25) is 4.99 Å². The minimum absolute atomic E-state index is 0. The topological polar surface area (TPSA) is 84.3 Å². The first-order valence-electron chi connectivity index (χ1n) is 5.61. The maximum absolute atomic E-state index is 9.54. The van der Waals surface area contributed by atoms with E-state index in [1.54, 1.807) is 24.4 Å². The molecule has 0 amide bonds. The van der Waals surface area contributed by atoms with Crippen LogP contribution in [0.3, 0.4) is 0 Å². The molecule has 0 saturated carbocycles. The standard InChI is InChI=1S/C13H19NO2.Cu.H2O/c1-3-10(2)12(9-15)14-8-11-6-4-5-7-13(11)16;;/h4-8,10,12,15-16H,3,9H2,1-2H3;;1H2. The van der Waals surface area contributed by atoms with Crippen molar-refractivity contribution in [1.82, 2.24) is 0 Å². The van der Waals surface area contributed by atoms with E-state index >= 15 is 0 Å². The molecule has 1 aromatic rings. The van der Waals surface area contributed by atoms with Crippen molar-refractivity contribution in [2.75, 3.05) is 6.61 Å².